The van der Waals surface area contributed by atoms with Gasteiger partial charge in [0.25, 0.3) is 0 Å². The quantitative estimate of drug-likeness (QED) is 0.743. The van der Waals surface area contributed by atoms with E-state index in [1.54, 1.807) is 4.90 Å². The fraction of sp³-hybridized carbons (Fsp3) is 0.846. The van der Waals surface area contributed by atoms with Crippen molar-refractivity contribution >= 4 is 5.91 Å². The number of hydrogen-bond donors (Lipinski definition) is 0. The molecule has 0 aromatic rings. The number of nitriles is 1. The first kappa shape index (κ1) is 15.1. The molecule has 1 amide bonds. The third kappa shape index (κ3) is 3.42. The summed E-state index contributed by atoms with van der Waals surface area (Å²) in [6, 6.07) is 1.95. The number of nitrogens with zero attached hydrogens (tertiary/aromatic N) is 2. The summed E-state index contributed by atoms with van der Waals surface area (Å²) in [7, 11) is 0. The molecule has 0 N–H and O–H groups in total. The molecule has 112 valence electrons. The highest BCUT2D eigenvalue weighted by Gasteiger charge is 2.43. The molecule has 4 nitrogen and oxygen atoms in total. The Hall–Kier alpha value is -1.29. The standard InChI is InChI=1S/C13H17F3N2O2/c14-13(15,16)10-3-1-9(2-4-10)12(19)18-5-6-20-11(7-17)8-18/h9-11H,1-6,8H2. The number of alkyl halides is 3. The molecule has 7 heteroatoms. The molecular formula is C13H17F3N2O2. The van der Waals surface area contributed by atoms with Crippen molar-refractivity contribution in [2.24, 2.45) is 11.8 Å². The minimum Gasteiger partial charge on any atom is -0.360 e. The van der Waals surface area contributed by atoms with Crippen LogP contribution in [-0.2, 0) is 9.53 Å². The molecule has 1 saturated carbocycles. The van der Waals surface area contributed by atoms with Crippen molar-refractivity contribution in [1.82, 2.24) is 4.90 Å². The van der Waals surface area contributed by atoms with Crippen LogP contribution in [-0.4, -0.2) is 42.8 Å². The van der Waals surface area contributed by atoms with E-state index in [0.29, 0.717) is 13.2 Å². The molecule has 0 aromatic carbocycles. The number of rotatable bonds is 1. The van der Waals surface area contributed by atoms with Gasteiger partial charge in [-0.15, -0.1) is 0 Å². The molecule has 0 radical (unpaired) electrons. The first-order valence-electron chi connectivity index (χ1n) is 6.78. The molecular weight excluding hydrogens is 273 g/mol. The van der Waals surface area contributed by atoms with E-state index in [4.69, 9.17) is 10.00 Å². The Bertz CT molecular complexity index is 397. The van der Waals surface area contributed by atoms with Gasteiger partial charge >= 0.3 is 6.18 Å². The lowest BCUT2D eigenvalue weighted by molar-refractivity contribution is -0.185. The highest BCUT2D eigenvalue weighted by atomic mass is 19.4. The Labute approximate surface area is 115 Å². The molecule has 2 rings (SSSR count). The van der Waals surface area contributed by atoms with E-state index in [1.807, 2.05) is 6.07 Å². The van der Waals surface area contributed by atoms with Crippen molar-refractivity contribution in [2.75, 3.05) is 19.7 Å². The molecule has 1 aliphatic carbocycles. The van der Waals surface area contributed by atoms with Crippen molar-refractivity contribution in [3.05, 3.63) is 0 Å². The van der Waals surface area contributed by atoms with Crippen LogP contribution in [0.25, 0.3) is 0 Å². The Morgan fingerprint density at radius 1 is 1.25 bits per heavy atom. The molecule has 0 aromatic heterocycles. The number of amides is 1. The van der Waals surface area contributed by atoms with Crippen LogP contribution in [0.5, 0.6) is 0 Å². The minimum atomic E-state index is -4.15. The number of ether oxygens (including phenoxy) is 1. The van der Waals surface area contributed by atoms with Gasteiger partial charge in [-0.05, 0) is 25.7 Å². The Kier molecular flexibility index (Phi) is 4.53. The van der Waals surface area contributed by atoms with Gasteiger partial charge in [0, 0.05) is 12.5 Å². The zero-order valence-electron chi connectivity index (χ0n) is 11.0. The van der Waals surface area contributed by atoms with E-state index in [0.717, 1.165) is 0 Å². The Balaban J connectivity index is 1.87. The molecule has 1 unspecified atom stereocenters. The van der Waals surface area contributed by atoms with Crippen LogP contribution < -0.4 is 0 Å². The maximum Gasteiger partial charge on any atom is 0.391 e. The predicted octanol–water partition coefficient (Wildman–Crippen LogP) is 2.11. The maximum atomic E-state index is 12.6. The van der Waals surface area contributed by atoms with E-state index in [-0.39, 0.29) is 44.1 Å². The van der Waals surface area contributed by atoms with Crippen molar-refractivity contribution in [1.29, 1.82) is 5.26 Å². The molecule has 0 bridgehead atoms. The molecule has 1 atom stereocenters. The van der Waals surface area contributed by atoms with E-state index >= 15 is 0 Å². The second kappa shape index (κ2) is 6.00. The number of morpholine rings is 1. The SMILES string of the molecule is N#CC1CN(C(=O)C2CCC(C(F)(F)F)CC2)CCO1. The summed E-state index contributed by atoms with van der Waals surface area (Å²) < 4.78 is 42.9. The highest BCUT2D eigenvalue weighted by molar-refractivity contribution is 5.79. The van der Waals surface area contributed by atoms with Crippen LogP contribution in [0.15, 0.2) is 0 Å². The Morgan fingerprint density at radius 2 is 1.90 bits per heavy atom. The van der Waals surface area contributed by atoms with Crippen LogP contribution in [0.4, 0.5) is 13.2 Å². The first-order chi connectivity index (χ1) is 9.41. The normalized spacial score (nSPS) is 31.7. The van der Waals surface area contributed by atoms with Crippen LogP contribution in [0.3, 0.4) is 0 Å². The van der Waals surface area contributed by atoms with Gasteiger partial charge in [-0.3, -0.25) is 4.79 Å². The largest absolute Gasteiger partial charge is 0.391 e. The molecule has 1 aliphatic heterocycles. The molecule has 0 spiro atoms. The zero-order valence-corrected chi connectivity index (χ0v) is 11.0. The van der Waals surface area contributed by atoms with Crippen molar-refractivity contribution < 1.29 is 22.7 Å². The summed E-state index contributed by atoms with van der Waals surface area (Å²) >= 11 is 0. The fourth-order valence-corrected chi connectivity index (χ4v) is 2.85. The van der Waals surface area contributed by atoms with Crippen molar-refractivity contribution in [2.45, 2.75) is 38.0 Å². The molecule has 2 fully saturated rings. The third-order valence-electron chi connectivity index (χ3n) is 4.06. The summed E-state index contributed by atoms with van der Waals surface area (Å²) in [6.07, 6.45) is -4.19. The average Bonchev–Trinajstić information content (AvgIpc) is 2.46. The maximum absolute atomic E-state index is 12.6. The van der Waals surface area contributed by atoms with Gasteiger partial charge in [0.15, 0.2) is 6.10 Å². The lowest BCUT2D eigenvalue weighted by Gasteiger charge is -2.35. The molecule has 20 heavy (non-hydrogen) atoms. The summed E-state index contributed by atoms with van der Waals surface area (Å²) in [5, 5.41) is 8.79. The third-order valence-corrected chi connectivity index (χ3v) is 4.06. The molecule has 1 saturated heterocycles. The topological polar surface area (TPSA) is 53.3 Å². The van der Waals surface area contributed by atoms with Crippen LogP contribution >= 0.6 is 0 Å². The monoisotopic (exact) mass is 290 g/mol. The number of hydrogen-bond acceptors (Lipinski definition) is 3. The van der Waals surface area contributed by atoms with E-state index in [1.165, 1.54) is 0 Å². The summed E-state index contributed by atoms with van der Waals surface area (Å²) in [4.78, 5) is 13.8. The van der Waals surface area contributed by atoms with Crippen molar-refractivity contribution in [3.8, 4) is 6.07 Å². The second-order valence-corrected chi connectivity index (χ2v) is 5.36. The van der Waals surface area contributed by atoms with Gasteiger partial charge in [-0.25, -0.2) is 0 Å². The van der Waals surface area contributed by atoms with Gasteiger partial charge < -0.3 is 9.64 Å². The van der Waals surface area contributed by atoms with Gasteiger partial charge in [0.1, 0.15) is 0 Å². The predicted molar refractivity (Wildman–Crippen MR) is 63.4 cm³/mol. The van der Waals surface area contributed by atoms with E-state index in [2.05, 4.69) is 0 Å². The number of carbonyl (C=O) groups excluding carboxylic acids is 1. The molecule has 1 heterocycles. The molecule has 2 aliphatic rings. The van der Waals surface area contributed by atoms with Gasteiger partial charge in [-0.1, -0.05) is 0 Å². The summed E-state index contributed by atoms with van der Waals surface area (Å²) in [5.74, 6) is -1.75. The minimum absolute atomic E-state index is 0.0198. The van der Waals surface area contributed by atoms with E-state index in [9.17, 15) is 18.0 Å². The average molecular weight is 290 g/mol. The highest BCUT2D eigenvalue weighted by Crippen LogP contribution is 2.40. The van der Waals surface area contributed by atoms with Crippen molar-refractivity contribution in [3.63, 3.8) is 0 Å². The number of halogens is 3. The lowest BCUT2D eigenvalue weighted by Crippen LogP contribution is -2.48. The zero-order chi connectivity index (χ0) is 14.8. The van der Waals surface area contributed by atoms with E-state index < -0.39 is 18.2 Å². The number of carbonyl (C=O) groups is 1. The van der Waals surface area contributed by atoms with Gasteiger partial charge in [0.2, 0.25) is 5.91 Å². The second-order valence-electron chi connectivity index (χ2n) is 5.36. The van der Waals surface area contributed by atoms with Crippen LogP contribution in [0.1, 0.15) is 25.7 Å². The van der Waals surface area contributed by atoms with Crippen LogP contribution in [0, 0.1) is 23.2 Å². The van der Waals surface area contributed by atoms with Crippen LogP contribution in [0.2, 0.25) is 0 Å². The first-order valence-corrected chi connectivity index (χ1v) is 6.78. The summed E-state index contributed by atoms with van der Waals surface area (Å²) in [6.45, 7) is 0.937. The fourth-order valence-electron chi connectivity index (χ4n) is 2.85. The van der Waals surface area contributed by atoms with Gasteiger partial charge in [-0.2, -0.15) is 18.4 Å². The van der Waals surface area contributed by atoms with Gasteiger partial charge in [0.05, 0.1) is 25.1 Å². The summed E-state index contributed by atoms with van der Waals surface area (Å²) in [5.41, 5.74) is 0. The smallest absolute Gasteiger partial charge is 0.360 e. The Morgan fingerprint density at radius 3 is 2.45 bits per heavy atom. The lowest BCUT2D eigenvalue weighted by atomic mass is 9.81.